The van der Waals surface area contributed by atoms with Gasteiger partial charge in [0.2, 0.25) is 11.8 Å². The van der Waals surface area contributed by atoms with Gasteiger partial charge < -0.3 is 5.32 Å². The largest absolute Gasteiger partial charge is 0.329 e. The zero-order valence-corrected chi connectivity index (χ0v) is 16.0. The minimum absolute atomic E-state index is 0.220. The molecule has 0 radical (unpaired) electrons. The molecular formula is C20H25N5O3. The Morgan fingerprint density at radius 3 is 2.50 bits per heavy atom. The number of aryl methyl sites for hydroxylation is 1. The lowest BCUT2D eigenvalue weighted by molar-refractivity contribution is -0.135. The van der Waals surface area contributed by atoms with Crippen LogP contribution in [0.25, 0.3) is 11.0 Å². The van der Waals surface area contributed by atoms with E-state index in [-0.39, 0.29) is 18.0 Å². The first-order valence-corrected chi connectivity index (χ1v) is 10.0. The molecule has 1 aromatic carbocycles. The van der Waals surface area contributed by atoms with E-state index < -0.39 is 11.9 Å². The number of piperidine rings is 1. The number of aromatic nitrogens is 2. The normalized spacial score (nSPS) is 28.1. The number of carbonyl (C=O) groups excluding carboxylic acids is 2. The van der Waals surface area contributed by atoms with Gasteiger partial charge in [0.05, 0.1) is 11.0 Å². The number of nitrogens with zero attached hydrogens (tertiary/aromatic N) is 3. The molecule has 2 amide bonds. The van der Waals surface area contributed by atoms with Crippen molar-refractivity contribution in [3.8, 4) is 0 Å². The van der Waals surface area contributed by atoms with E-state index in [2.05, 4.69) is 21.6 Å². The Morgan fingerprint density at radius 2 is 1.79 bits per heavy atom. The Hall–Kier alpha value is -2.45. The van der Waals surface area contributed by atoms with Gasteiger partial charge in [0.15, 0.2) is 0 Å². The molecule has 0 spiro atoms. The fourth-order valence-electron chi connectivity index (χ4n) is 5.01. The molecule has 8 heteroatoms. The van der Waals surface area contributed by atoms with E-state index in [1.807, 2.05) is 12.1 Å². The van der Waals surface area contributed by atoms with Gasteiger partial charge in [-0.1, -0.05) is 6.07 Å². The van der Waals surface area contributed by atoms with Crippen molar-refractivity contribution in [2.45, 2.75) is 50.4 Å². The number of imidazole rings is 1. The molecule has 2 N–H and O–H groups in total. The molecule has 4 heterocycles. The van der Waals surface area contributed by atoms with E-state index in [0.717, 1.165) is 30.7 Å². The molecule has 0 aliphatic carbocycles. The summed E-state index contributed by atoms with van der Waals surface area (Å²) in [4.78, 5) is 39.1. The lowest BCUT2D eigenvalue weighted by Gasteiger charge is -2.32. The molecule has 8 nitrogen and oxygen atoms in total. The molecule has 3 aliphatic heterocycles. The van der Waals surface area contributed by atoms with Crippen LogP contribution in [0.15, 0.2) is 23.0 Å². The minimum Gasteiger partial charge on any atom is -0.309 e. The fourth-order valence-corrected chi connectivity index (χ4v) is 5.01. The third-order valence-corrected chi connectivity index (χ3v) is 6.37. The number of imide groups is 1. The van der Waals surface area contributed by atoms with Crippen molar-refractivity contribution in [1.82, 2.24) is 24.7 Å². The first-order chi connectivity index (χ1) is 13.5. The van der Waals surface area contributed by atoms with Crippen molar-refractivity contribution in [1.29, 1.82) is 0 Å². The summed E-state index contributed by atoms with van der Waals surface area (Å²) in [5.41, 5.74) is 2.52. The van der Waals surface area contributed by atoms with Crippen LogP contribution in [-0.4, -0.2) is 51.0 Å². The molecule has 2 bridgehead atoms. The number of hydrogen-bond donors (Lipinski definition) is 2. The number of rotatable bonds is 3. The van der Waals surface area contributed by atoms with Crippen molar-refractivity contribution in [3.63, 3.8) is 0 Å². The highest BCUT2D eigenvalue weighted by atomic mass is 16.2. The van der Waals surface area contributed by atoms with Gasteiger partial charge in [-0.2, -0.15) is 0 Å². The summed E-state index contributed by atoms with van der Waals surface area (Å²) in [6.45, 7) is 2.98. The number of hydrogen-bond acceptors (Lipinski definition) is 5. The van der Waals surface area contributed by atoms with Crippen molar-refractivity contribution in [2.24, 2.45) is 7.05 Å². The van der Waals surface area contributed by atoms with Gasteiger partial charge in [0, 0.05) is 45.2 Å². The number of piperazine rings is 1. The fraction of sp³-hybridized carbons (Fsp3) is 0.550. The summed E-state index contributed by atoms with van der Waals surface area (Å²) >= 11 is 0. The summed E-state index contributed by atoms with van der Waals surface area (Å²) in [5, 5.41) is 6.00. The second-order valence-corrected chi connectivity index (χ2v) is 8.33. The molecule has 3 aliphatic rings. The average Bonchev–Trinajstić information content (AvgIpc) is 3.13. The van der Waals surface area contributed by atoms with E-state index >= 15 is 0 Å². The van der Waals surface area contributed by atoms with Crippen molar-refractivity contribution < 1.29 is 9.59 Å². The monoisotopic (exact) mass is 383 g/mol. The molecule has 3 fully saturated rings. The summed E-state index contributed by atoms with van der Waals surface area (Å²) < 4.78 is 3.13. The lowest BCUT2D eigenvalue weighted by atomic mass is 10.1. The zero-order valence-electron chi connectivity index (χ0n) is 16.0. The quantitative estimate of drug-likeness (QED) is 0.742. The molecule has 2 aromatic rings. The van der Waals surface area contributed by atoms with Gasteiger partial charge in [-0.25, -0.2) is 4.79 Å². The molecule has 0 saturated carbocycles. The molecule has 5 rings (SSSR count). The van der Waals surface area contributed by atoms with Gasteiger partial charge in [0.1, 0.15) is 6.04 Å². The summed E-state index contributed by atoms with van der Waals surface area (Å²) in [6, 6.07) is 6.61. The van der Waals surface area contributed by atoms with Crippen LogP contribution < -0.4 is 16.3 Å². The number of benzene rings is 1. The van der Waals surface area contributed by atoms with Crippen LogP contribution >= 0.6 is 0 Å². The van der Waals surface area contributed by atoms with E-state index in [1.54, 1.807) is 11.6 Å². The summed E-state index contributed by atoms with van der Waals surface area (Å²) in [5.74, 6) is -0.673. The Bertz CT molecular complexity index is 1010. The number of nitrogens with one attached hydrogen (secondary N) is 2. The molecule has 28 heavy (non-hydrogen) atoms. The van der Waals surface area contributed by atoms with Crippen LogP contribution in [0.1, 0.15) is 37.3 Å². The molecule has 3 atom stereocenters. The Balaban J connectivity index is 1.46. The van der Waals surface area contributed by atoms with E-state index in [0.29, 0.717) is 18.5 Å². The molecule has 3 unspecified atom stereocenters. The second-order valence-electron chi connectivity index (χ2n) is 8.33. The van der Waals surface area contributed by atoms with Gasteiger partial charge in [0.25, 0.3) is 0 Å². The predicted octanol–water partition coefficient (Wildman–Crippen LogP) is 0.254. The van der Waals surface area contributed by atoms with Crippen molar-refractivity contribution in [3.05, 3.63) is 34.2 Å². The van der Waals surface area contributed by atoms with Crippen LogP contribution in [0, 0.1) is 0 Å². The van der Waals surface area contributed by atoms with Crippen LogP contribution in [0.5, 0.6) is 0 Å². The summed E-state index contributed by atoms with van der Waals surface area (Å²) in [6.07, 6.45) is 3.12. The smallest absolute Gasteiger partial charge is 0.309 e. The third-order valence-electron chi connectivity index (χ3n) is 6.37. The number of amides is 2. The van der Waals surface area contributed by atoms with Gasteiger partial charge in [-0.3, -0.25) is 28.9 Å². The Morgan fingerprint density at radius 1 is 1.04 bits per heavy atom. The highest BCUT2D eigenvalue weighted by molar-refractivity contribution is 6.00. The van der Waals surface area contributed by atoms with Crippen molar-refractivity contribution >= 4 is 22.8 Å². The van der Waals surface area contributed by atoms with Crippen LogP contribution in [0.2, 0.25) is 0 Å². The minimum atomic E-state index is -0.636. The van der Waals surface area contributed by atoms with E-state index in [4.69, 9.17) is 0 Å². The number of fused-ring (bicyclic) bond motifs is 3. The van der Waals surface area contributed by atoms with Crippen molar-refractivity contribution in [2.75, 3.05) is 13.1 Å². The first-order valence-electron chi connectivity index (χ1n) is 10.0. The van der Waals surface area contributed by atoms with Crippen LogP contribution in [0.3, 0.4) is 0 Å². The van der Waals surface area contributed by atoms with Gasteiger partial charge in [-0.05, 0) is 37.0 Å². The van der Waals surface area contributed by atoms with E-state index in [1.165, 1.54) is 23.0 Å². The molecular weight excluding hydrogens is 358 g/mol. The molecule has 3 saturated heterocycles. The Labute approximate surface area is 162 Å². The van der Waals surface area contributed by atoms with Crippen LogP contribution in [0.4, 0.5) is 0 Å². The zero-order chi connectivity index (χ0) is 19.4. The first kappa shape index (κ1) is 17.6. The second kappa shape index (κ2) is 6.56. The molecule has 148 valence electrons. The predicted molar refractivity (Wildman–Crippen MR) is 104 cm³/mol. The SMILES string of the molecule is Cn1c(=O)n(C2CCC(=O)NC2=O)c2ccc(CN3CC4CCC(C3)N4)cc21. The van der Waals surface area contributed by atoms with Gasteiger partial charge >= 0.3 is 5.69 Å². The van der Waals surface area contributed by atoms with Gasteiger partial charge in [-0.15, -0.1) is 0 Å². The highest BCUT2D eigenvalue weighted by Crippen LogP contribution is 2.25. The Kier molecular flexibility index (Phi) is 4.13. The maximum Gasteiger partial charge on any atom is 0.329 e. The molecule has 1 aromatic heterocycles. The van der Waals surface area contributed by atoms with Crippen LogP contribution in [-0.2, 0) is 23.2 Å². The topological polar surface area (TPSA) is 88.4 Å². The maximum absolute atomic E-state index is 12.9. The lowest BCUT2D eigenvalue weighted by Crippen LogP contribution is -2.50. The summed E-state index contributed by atoms with van der Waals surface area (Å²) in [7, 11) is 1.74. The van der Waals surface area contributed by atoms with E-state index in [9.17, 15) is 14.4 Å². The standard InChI is InChI=1S/C20H25N5O3/c1-23-17-8-12(9-24-10-13-3-4-14(11-24)21-13)2-5-15(17)25(20(23)28)16-6-7-18(26)22-19(16)27/h2,5,8,13-14,16,21H,3-4,6-7,9-11H2,1H3,(H,22,26,27). The average molecular weight is 383 g/mol. The number of carbonyl (C=O) groups is 2. The highest BCUT2D eigenvalue weighted by Gasteiger charge is 2.33. The maximum atomic E-state index is 12.9. The third kappa shape index (κ3) is 2.87. The number of likely N-dealkylation sites (tertiary alicyclic amines) is 1.